The Hall–Kier alpha value is -5.53. The van der Waals surface area contributed by atoms with E-state index in [4.69, 9.17) is 9.47 Å². The summed E-state index contributed by atoms with van der Waals surface area (Å²) < 4.78 is 12.8. The summed E-state index contributed by atoms with van der Waals surface area (Å²) in [5.74, 6) is -1.01. The number of esters is 1. The van der Waals surface area contributed by atoms with Gasteiger partial charge in [0.25, 0.3) is 5.91 Å². The first kappa shape index (κ1) is 37.7. The minimum Gasteiger partial charge on any atom is -0.462 e. The van der Waals surface area contributed by atoms with Gasteiger partial charge >= 0.3 is 12.1 Å². The third-order valence-electron chi connectivity index (χ3n) is 8.69. The van der Waals surface area contributed by atoms with Crippen molar-refractivity contribution in [1.29, 1.82) is 0 Å². The van der Waals surface area contributed by atoms with Crippen molar-refractivity contribution in [3.63, 3.8) is 0 Å². The topological polar surface area (TPSA) is 165 Å². The molecule has 1 aliphatic heterocycles. The Morgan fingerprint density at radius 1 is 0.942 bits per heavy atom. The molecule has 14 heteroatoms. The molecule has 2 N–H and O–H groups in total. The van der Waals surface area contributed by atoms with Gasteiger partial charge in [-0.05, 0) is 82.2 Å². The fraction of sp³-hybridized carbons (Fsp3) is 0.447. The summed E-state index contributed by atoms with van der Waals surface area (Å²) in [5.41, 5.74) is 2.62. The number of nitrogens with zero attached hydrogens (tertiary/aromatic N) is 6. The maximum atomic E-state index is 14.4. The molecule has 0 bridgehead atoms. The van der Waals surface area contributed by atoms with Crippen molar-refractivity contribution in [2.24, 2.45) is 0 Å². The number of carbonyl (C=O) groups excluding carboxylic acids is 4. The molecule has 0 radical (unpaired) electrons. The molecular weight excluding hydrogens is 664 g/mol. The van der Waals surface area contributed by atoms with Gasteiger partial charge in [0.05, 0.1) is 30.0 Å². The molecule has 3 amide bonds. The average Bonchev–Trinajstić information content (AvgIpc) is 3.76. The zero-order valence-corrected chi connectivity index (χ0v) is 30.8. The monoisotopic (exact) mass is 712 g/mol. The maximum Gasteiger partial charge on any atom is 0.429 e. The lowest BCUT2D eigenvalue weighted by molar-refractivity contribution is -0.116. The van der Waals surface area contributed by atoms with Gasteiger partial charge in [0.15, 0.2) is 0 Å². The van der Waals surface area contributed by atoms with E-state index < -0.39 is 23.6 Å². The summed E-state index contributed by atoms with van der Waals surface area (Å²) >= 11 is 0. The number of unbranched alkanes of at least 4 members (excludes halogenated alkanes) is 1. The largest absolute Gasteiger partial charge is 0.462 e. The number of carbonyl (C=O) groups is 4. The highest BCUT2D eigenvalue weighted by molar-refractivity contribution is 6.12. The maximum absolute atomic E-state index is 14.4. The van der Waals surface area contributed by atoms with E-state index in [-0.39, 0.29) is 48.1 Å². The second-order valence-electron chi connectivity index (χ2n) is 13.7. The second-order valence-corrected chi connectivity index (χ2v) is 13.7. The van der Waals surface area contributed by atoms with Gasteiger partial charge in [-0.25, -0.2) is 19.3 Å². The van der Waals surface area contributed by atoms with E-state index >= 15 is 0 Å². The SMILES string of the molecule is CCCCC(=O)Nc1c(C(=O)N2CCCCC2)c(C(=O)OCC)c(C)n1N(Cc1ccc(-c2ccccc2-c2nn[nH]n2)cc1)C(=O)OC(C)(C)C. The lowest BCUT2D eigenvalue weighted by Gasteiger charge is -2.31. The van der Waals surface area contributed by atoms with Gasteiger partial charge in [0.2, 0.25) is 11.7 Å². The number of anilines is 1. The molecule has 1 saturated heterocycles. The fourth-order valence-corrected chi connectivity index (χ4v) is 6.24. The summed E-state index contributed by atoms with van der Waals surface area (Å²) in [5, 5.41) is 18.7. The zero-order chi connectivity index (χ0) is 37.4. The molecule has 1 fully saturated rings. The summed E-state index contributed by atoms with van der Waals surface area (Å²) in [7, 11) is 0. The van der Waals surface area contributed by atoms with E-state index in [9.17, 15) is 19.2 Å². The van der Waals surface area contributed by atoms with Crippen LogP contribution in [0.3, 0.4) is 0 Å². The van der Waals surface area contributed by atoms with E-state index in [2.05, 4.69) is 25.9 Å². The number of likely N-dealkylation sites (tertiary alicyclic amines) is 1. The molecular formula is C38H48N8O6. The van der Waals surface area contributed by atoms with Crippen LogP contribution in [0.1, 0.15) is 105 Å². The number of ether oxygens (including phenoxy) is 2. The molecule has 0 saturated carbocycles. The van der Waals surface area contributed by atoms with Crippen molar-refractivity contribution in [3.8, 4) is 22.5 Å². The Morgan fingerprint density at radius 2 is 1.63 bits per heavy atom. The predicted molar refractivity (Wildman–Crippen MR) is 196 cm³/mol. The number of nitrogens with one attached hydrogen (secondary N) is 2. The fourth-order valence-electron chi connectivity index (χ4n) is 6.24. The minimum absolute atomic E-state index is 0.00908. The number of H-pyrrole nitrogens is 1. The molecule has 0 unspecified atom stereocenters. The standard InChI is InChI=1S/C38H48N8O6/c1-7-9-17-30(47)39-34-32(35(48)44-22-13-10-14-23-44)31(36(49)51-8-2)25(3)46(34)45(37(50)52-38(4,5)6)24-26-18-20-27(21-19-26)28-15-11-12-16-29(28)33-40-42-43-41-33/h11-12,15-16,18-21H,7-10,13-14,17,22-24H2,1-6H3,(H,39,47)(H,40,41,42,43). The lowest BCUT2D eigenvalue weighted by Crippen LogP contribution is -2.45. The number of aromatic amines is 1. The van der Waals surface area contributed by atoms with E-state index in [1.54, 1.807) is 39.5 Å². The minimum atomic E-state index is -0.889. The van der Waals surface area contributed by atoms with Crippen LogP contribution in [-0.2, 0) is 20.8 Å². The first-order chi connectivity index (χ1) is 24.9. The molecule has 1 aliphatic rings. The molecule has 0 atom stereocenters. The number of piperidine rings is 1. The van der Waals surface area contributed by atoms with Crippen LogP contribution in [0, 0.1) is 6.92 Å². The molecule has 0 spiro atoms. The summed E-state index contributed by atoms with van der Waals surface area (Å²) in [6, 6.07) is 15.3. The van der Waals surface area contributed by atoms with Crippen LogP contribution >= 0.6 is 0 Å². The second kappa shape index (κ2) is 16.7. The van der Waals surface area contributed by atoms with Crippen molar-refractivity contribution in [1.82, 2.24) is 30.2 Å². The van der Waals surface area contributed by atoms with Gasteiger partial charge in [-0.1, -0.05) is 61.9 Å². The Kier molecular flexibility index (Phi) is 12.1. The summed E-state index contributed by atoms with van der Waals surface area (Å²) in [6.07, 6.45) is 3.46. The number of rotatable bonds is 12. The number of hydrogen-bond acceptors (Lipinski definition) is 9. The number of aromatic nitrogens is 5. The highest BCUT2D eigenvalue weighted by Gasteiger charge is 2.38. The van der Waals surface area contributed by atoms with E-state index in [0.717, 1.165) is 42.4 Å². The normalized spacial score (nSPS) is 13.1. The van der Waals surface area contributed by atoms with Crippen molar-refractivity contribution in [2.45, 2.75) is 92.2 Å². The van der Waals surface area contributed by atoms with Crippen LogP contribution in [0.5, 0.6) is 0 Å². The molecule has 2 aromatic heterocycles. The quantitative estimate of drug-likeness (QED) is 0.153. The number of benzene rings is 2. The molecule has 3 heterocycles. The van der Waals surface area contributed by atoms with Crippen LogP contribution < -0.4 is 10.3 Å². The summed E-state index contributed by atoms with van der Waals surface area (Å²) in [4.78, 5) is 57.4. The van der Waals surface area contributed by atoms with Gasteiger partial charge in [-0.3, -0.25) is 9.59 Å². The molecule has 2 aromatic carbocycles. The highest BCUT2D eigenvalue weighted by Crippen LogP contribution is 2.34. The van der Waals surface area contributed by atoms with Gasteiger partial charge < -0.3 is 19.7 Å². The Labute approximate surface area is 303 Å². The number of amides is 3. The average molecular weight is 713 g/mol. The van der Waals surface area contributed by atoms with Crippen LogP contribution in [-0.4, -0.2) is 79.4 Å². The van der Waals surface area contributed by atoms with Crippen molar-refractivity contribution in [2.75, 3.05) is 30.0 Å². The van der Waals surface area contributed by atoms with Gasteiger partial charge in [0, 0.05) is 25.1 Å². The Balaban J connectivity index is 1.65. The van der Waals surface area contributed by atoms with Crippen molar-refractivity contribution < 1.29 is 28.7 Å². The Morgan fingerprint density at radius 3 is 2.25 bits per heavy atom. The first-order valence-corrected chi connectivity index (χ1v) is 17.9. The highest BCUT2D eigenvalue weighted by atomic mass is 16.6. The van der Waals surface area contributed by atoms with E-state index in [1.165, 1.54) is 9.69 Å². The van der Waals surface area contributed by atoms with Crippen molar-refractivity contribution >= 4 is 29.7 Å². The van der Waals surface area contributed by atoms with E-state index in [1.807, 2.05) is 55.5 Å². The smallest absolute Gasteiger partial charge is 0.429 e. The van der Waals surface area contributed by atoms with Crippen LogP contribution in [0.15, 0.2) is 48.5 Å². The van der Waals surface area contributed by atoms with Crippen molar-refractivity contribution in [3.05, 3.63) is 70.9 Å². The number of tetrazole rings is 1. The molecule has 276 valence electrons. The third kappa shape index (κ3) is 8.67. The third-order valence-corrected chi connectivity index (χ3v) is 8.69. The molecule has 0 aliphatic carbocycles. The first-order valence-electron chi connectivity index (χ1n) is 17.9. The van der Waals surface area contributed by atoms with Gasteiger partial charge in [-0.15, -0.1) is 10.2 Å². The molecule has 52 heavy (non-hydrogen) atoms. The molecule has 4 aromatic rings. The zero-order valence-electron chi connectivity index (χ0n) is 30.8. The van der Waals surface area contributed by atoms with Crippen LogP contribution in [0.25, 0.3) is 22.5 Å². The van der Waals surface area contributed by atoms with Crippen LogP contribution in [0.2, 0.25) is 0 Å². The summed E-state index contributed by atoms with van der Waals surface area (Å²) in [6.45, 7) is 11.6. The van der Waals surface area contributed by atoms with E-state index in [0.29, 0.717) is 30.9 Å². The van der Waals surface area contributed by atoms with Crippen LogP contribution in [0.4, 0.5) is 10.6 Å². The lowest BCUT2D eigenvalue weighted by atomic mass is 9.98. The molecule has 5 rings (SSSR count). The predicted octanol–water partition coefficient (Wildman–Crippen LogP) is 6.65. The van der Waals surface area contributed by atoms with Gasteiger partial charge in [-0.2, -0.15) is 5.21 Å². The Bertz CT molecular complexity index is 1870. The van der Waals surface area contributed by atoms with Gasteiger partial charge in [0.1, 0.15) is 11.4 Å². The number of hydrogen-bond donors (Lipinski definition) is 2. The molecule has 14 nitrogen and oxygen atoms in total.